The first kappa shape index (κ1) is 31.4. The Bertz CT molecular complexity index is 375. The quantitative estimate of drug-likeness (QED) is 0.0915. The molecule has 0 bridgehead atoms. The summed E-state index contributed by atoms with van der Waals surface area (Å²) in [4.78, 5) is 0. The molecule has 0 saturated heterocycles. The van der Waals surface area contributed by atoms with Gasteiger partial charge in [0.25, 0.3) is 0 Å². The molecule has 0 rings (SSSR count). The predicted molar refractivity (Wildman–Crippen MR) is 144 cm³/mol. The third-order valence-electron chi connectivity index (χ3n) is 5.96. The van der Waals surface area contributed by atoms with Crippen LogP contribution >= 0.6 is 0 Å². The number of allylic oxidation sites excluding steroid dienone is 4. The number of ether oxygens (including phenoxy) is 2. The zero-order valence-corrected chi connectivity index (χ0v) is 22.1. The molecular formula is C30H58O2. The van der Waals surface area contributed by atoms with E-state index in [4.69, 9.17) is 9.47 Å². The second-order valence-electron chi connectivity index (χ2n) is 9.28. The monoisotopic (exact) mass is 450 g/mol. The molecule has 2 nitrogen and oxygen atoms in total. The Morgan fingerprint density at radius 1 is 0.375 bits per heavy atom. The fourth-order valence-electron chi connectivity index (χ4n) is 3.82. The van der Waals surface area contributed by atoms with Crippen molar-refractivity contribution in [3.05, 3.63) is 24.3 Å². The maximum atomic E-state index is 5.74. The normalized spacial score (nSPS) is 11.9. The van der Waals surface area contributed by atoms with Crippen LogP contribution in [-0.2, 0) is 9.47 Å². The van der Waals surface area contributed by atoms with Gasteiger partial charge in [0, 0.05) is 26.4 Å². The van der Waals surface area contributed by atoms with E-state index in [9.17, 15) is 0 Å². The van der Waals surface area contributed by atoms with Crippen molar-refractivity contribution in [3.8, 4) is 0 Å². The van der Waals surface area contributed by atoms with Crippen LogP contribution in [0.5, 0.6) is 0 Å². The Balaban J connectivity index is 3.08. The summed E-state index contributed by atoms with van der Waals surface area (Å²) < 4.78 is 11.5. The van der Waals surface area contributed by atoms with Crippen molar-refractivity contribution in [3.63, 3.8) is 0 Å². The zero-order valence-electron chi connectivity index (χ0n) is 22.1. The summed E-state index contributed by atoms with van der Waals surface area (Å²) in [5, 5.41) is 0. The van der Waals surface area contributed by atoms with Crippen molar-refractivity contribution in [2.75, 3.05) is 26.4 Å². The summed E-state index contributed by atoms with van der Waals surface area (Å²) in [6, 6.07) is 0. The van der Waals surface area contributed by atoms with E-state index in [1.165, 1.54) is 116 Å². The Kier molecular flexibility index (Phi) is 29.8. The van der Waals surface area contributed by atoms with E-state index < -0.39 is 0 Å². The molecular weight excluding hydrogens is 392 g/mol. The van der Waals surface area contributed by atoms with Gasteiger partial charge in [0.05, 0.1) is 0 Å². The molecule has 0 spiro atoms. The molecule has 0 aliphatic heterocycles. The van der Waals surface area contributed by atoms with Gasteiger partial charge in [-0.3, -0.25) is 0 Å². The second kappa shape index (κ2) is 30.4. The lowest BCUT2D eigenvalue weighted by molar-refractivity contribution is 0.0794. The fraction of sp³-hybridized carbons (Fsp3) is 0.867. The highest BCUT2D eigenvalue weighted by Gasteiger charge is 1.95. The lowest BCUT2D eigenvalue weighted by atomic mass is 10.1. The molecule has 0 aromatic rings. The van der Waals surface area contributed by atoms with Crippen LogP contribution in [0.15, 0.2) is 24.3 Å². The molecule has 0 aliphatic rings. The van der Waals surface area contributed by atoms with Crippen molar-refractivity contribution >= 4 is 0 Å². The van der Waals surface area contributed by atoms with Gasteiger partial charge >= 0.3 is 0 Å². The standard InChI is InChI=1S/C30H58O2/c1-3-5-7-9-11-12-13-14-15-16-17-18-19-21-23-25-28-32-30-26-29-31-27-24-22-20-10-8-6-4-2/h11-12,14-15H,3-10,13,16-30H2,1-2H3. The molecule has 0 N–H and O–H groups in total. The average molecular weight is 451 g/mol. The van der Waals surface area contributed by atoms with Crippen molar-refractivity contribution < 1.29 is 9.47 Å². The Labute approximate surface area is 202 Å². The number of unbranched alkanes of at least 4 members (excludes halogenated alkanes) is 15. The van der Waals surface area contributed by atoms with E-state index >= 15 is 0 Å². The van der Waals surface area contributed by atoms with Crippen LogP contribution in [0.3, 0.4) is 0 Å². The summed E-state index contributed by atoms with van der Waals surface area (Å²) in [5.74, 6) is 0. The molecule has 0 fully saturated rings. The molecule has 0 heterocycles. The SMILES string of the molecule is CCCCCC=CCC=CCCCCCCCCOCCCOCCCCCCCCC. The van der Waals surface area contributed by atoms with Crippen molar-refractivity contribution in [1.82, 2.24) is 0 Å². The Morgan fingerprint density at radius 3 is 1.28 bits per heavy atom. The van der Waals surface area contributed by atoms with E-state index in [0.717, 1.165) is 39.3 Å². The Morgan fingerprint density at radius 2 is 0.750 bits per heavy atom. The molecule has 0 atom stereocenters. The second-order valence-corrected chi connectivity index (χ2v) is 9.28. The summed E-state index contributed by atoms with van der Waals surface area (Å²) in [5.41, 5.74) is 0. The lowest BCUT2D eigenvalue weighted by Gasteiger charge is -2.06. The highest BCUT2D eigenvalue weighted by molar-refractivity contribution is 4.92. The summed E-state index contributed by atoms with van der Waals surface area (Å²) in [7, 11) is 0. The van der Waals surface area contributed by atoms with Crippen molar-refractivity contribution in [2.24, 2.45) is 0 Å². The van der Waals surface area contributed by atoms with Crippen LogP contribution in [0.25, 0.3) is 0 Å². The predicted octanol–water partition coefficient (Wildman–Crippen LogP) is 9.97. The highest BCUT2D eigenvalue weighted by atomic mass is 16.5. The minimum Gasteiger partial charge on any atom is -0.381 e. The van der Waals surface area contributed by atoms with Gasteiger partial charge in [0.15, 0.2) is 0 Å². The minimum atomic E-state index is 0.858. The fourth-order valence-corrected chi connectivity index (χ4v) is 3.82. The number of rotatable bonds is 27. The van der Waals surface area contributed by atoms with Gasteiger partial charge in [-0.2, -0.15) is 0 Å². The average Bonchev–Trinajstić information content (AvgIpc) is 2.81. The molecule has 0 aromatic heterocycles. The van der Waals surface area contributed by atoms with Gasteiger partial charge in [0.1, 0.15) is 0 Å². The van der Waals surface area contributed by atoms with Crippen LogP contribution in [0, 0.1) is 0 Å². The van der Waals surface area contributed by atoms with Crippen molar-refractivity contribution in [2.45, 2.75) is 142 Å². The minimum absolute atomic E-state index is 0.858. The van der Waals surface area contributed by atoms with Crippen LogP contribution in [0.2, 0.25) is 0 Å². The largest absolute Gasteiger partial charge is 0.381 e. The first-order valence-corrected chi connectivity index (χ1v) is 14.4. The van der Waals surface area contributed by atoms with E-state index in [-0.39, 0.29) is 0 Å². The molecule has 2 heteroatoms. The summed E-state index contributed by atoms with van der Waals surface area (Å²) in [6.45, 7) is 8.11. The van der Waals surface area contributed by atoms with Gasteiger partial charge in [-0.05, 0) is 51.4 Å². The molecule has 0 aliphatic carbocycles. The first-order valence-electron chi connectivity index (χ1n) is 14.4. The van der Waals surface area contributed by atoms with Gasteiger partial charge in [-0.15, -0.1) is 0 Å². The molecule has 0 amide bonds. The third kappa shape index (κ3) is 29.4. The van der Waals surface area contributed by atoms with Crippen LogP contribution in [0.4, 0.5) is 0 Å². The molecule has 0 saturated carbocycles. The van der Waals surface area contributed by atoms with E-state index in [0.29, 0.717) is 0 Å². The van der Waals surface area contributed by atoms with E-state index in [1.807, 2.05) is 0 Å². The maximum Gasteiger partial charge on any atom is 0.0487 e. The van der Waals surface area contributed by atoms with E-state index in [2.05, 4.69) is 38.2 Å². The number of hydrogen-bond acceptors (Lipinski definition) is 2. The smallest absolute Gasteiger partial charge is 0.0487 e. The van der Waals surface area contributed by atoms with Crippen LogP contribution < -0.4 is 0 Å². The van der Waals surface area contributed by atoms with Gasteiger partial charge in [0.2, 0.25) is 0 Å². The topological polar surface area (TPSA) is 18.5 Å². The Hall–Kier alpha value is -0.600. The molecule has 32 heavy (non-hydrogen) atoms. The lowest BCUT2D eigenvalue weighted by Crippen LogP contribution is -2.03. The maximum absolute atomic E-state index is 5.74. The first-order chi connectivity index (χ1) is 15.9. The third-order valence-corrected chi connectivity index (χ3v) is 5.96. The summed E-state index contributed by atoms with van der Waals surface area (Å²) >= 11 is 0. The molecule has 0 unspecified atom stereocenters. The molecule has 0 radical (unpaired) electrons. The van der Waals surface area contributed by atoms with Gasteiger partial charge in [-0.25, -0.2) is 0 Å². The molecule has 0 aromatic carbocycles. The number of hydrogen-bond donors (Lipinski definition) is 0. The van der Waals surface area contributed by atoms with Crippen LogP contribution in [0.1, 0.15) is 142 Å². The summed E-state index contributed by atoms with van der Waals surface area (Å²) in [6.07, 6.45) is 35.4. The van der Waals surface area contributed by atoms with Gasteiger partial charge in [-0.1, -0.05) is 115 Å². The highest BCUT2D eigenvalue weighted by Crippen LogP contribution is 2.09. The zero-order chi connectivity index (χ0) is 23.2. The van der Waals surface area contributed by atoms with Crippen LogP contribution in [-0.4, -0.2) is 26.4 Å². The van der Waals surface area contributed by atoms with Crippen molar-refractivity contribution in [1.29, 1.82) is 0 Å². The van der Waals surface area contributed by atoms with Gasteiger partial charge < -0.3 is 9.47 Å². The van der Waals surface area contributed by atoms with E-state index in [1.54, 1.807) is 0 Å². The molecule has 190 valence electrons.